The van der Waals surface area contributed by atoms with Crippen LogP contribution in [0.1, 0.15) is 28.3 Å². The number of imidazole rings is 1. The van der Waals surface area contributed by atoms with Crippen molar-refractivity contribution in [3.05, 3.63) is 83.5 Å². The molecule has 2 heterocycles. The molecule has 22 heavy (non-hydrogen) atoms. The fraction of sp³-hybridized carbons (Fsp3) is 0.118. The average Bonchev–Trinajstić information content (AvgIpc) is 3.06. The van der Waals surface area contributed by atoms with Gasteiger partial charge in [0.25, 0.3) is 0 Å². The second kappa shape index (κ2) is 6.19. The molecule has 1 aromatic carbocycles. The highest BCUT2D eigenvalue weighted by Crippen LogP contribution is 2.32. The maximum Gasteiger partial charge on any atom is 0.127 e. The van der Waals surface area contributed by atoms with Crippen molar-refractivity contribution in [2.45, 2.75) is 12.3 Å². The number of nitriles is 1. The van der Waals surface area contributed by atoms with Crippen molar-refractivity contribution in [3.8, 4) is 6.07 Å². The van der Waals surface area contributed by atoms with Crippen LogP contribution < -0.4 is 0 Å². The van der Waals surface area contributed by atoms with Crippen LogP contribution in [0.15, 0.2) is 55.2 Å². The number of hydrogen-bond donors (Lipinski definition) is 1. The van der Waals surface area contributed by atoms with Crippen molar-refractivity contribution >= 4 is 0 Å². The zero-order valence-electron chi connectivity index (χ0n) is 11.7. The predicted octanol–water partition coefficient (Wildman–Crippen LogP) is 3.19. The molecule has 3 rings (SSSR count). The summed E-state index contributed by atoms with van der Waals surface area (Å²) in [6.45, 7) is 0. The minimum absolute atomic E-state index is 0.247. The highest BCUT2D eigenvalue weighted by molar-refractivity contribution is 5.41. The lowest BCUT2D eigenvalue weighted by atomic mass is 9.88. The van der Waals surface area contributed by atoms with Gasteiger partial charge in [-0.3, -0.25) is 4.98 Å². The topological polar surface area (TPSA) is 65.4 Å². The molecule has 0 bridgehead atoms. The largest absolute Gasteiger partial charge is 0.351 e. The quantitative estimate of drug-likeness (QED) is 0.803. The van der Waals surface area contributed by atoms with E-state index in [0.717, 1.165) is 16.8 Å². The van der Waals surface area contributed by atoms with E-state index in [1.807, 2.05) is 12.1 Å². The average molecular weight is 292 g/mol. The Hall–Kier alpha value is -3.00. The monoisotopic (exact) mass is 292 g/mol. The molecule has 1 N–H and O–H groups in total. The second-order valence-electron chi connectivity index (χ2n) is 4.90. The fourth-order valence-electron chi connectivity index (χ4n) is 2.51. The lowest BCUT2D eigenvalue weighted by Gasteiger charge is -2.17. The molecule has 0 saturated heterocycles. The van der Waals surface area contributed by atoms with E-state index in [2.05, 4.69) is 21.0 Å². The molecule has 1 unspecified atom stereocenters. The Kier molecular flexibility index (Phi) is 3.92. The minimum Gasteiger partial charge on any atom is -0.351 e. The molecule has 0 spiro atoms. The van der Waals surface area contributed by atoms with E-state index in [0.29, 0.717) is 5.56 Å². The van der Waals surface area contributed by atoms with Crippen molar-refractivity contribution in [2.24, 2.45) is 0 Å². The van der Waals surface area contributed by atoms with Crippen molar-refractivity contribution in [1.82, 2.24) is 15.0 Å². The first-order valence-electron chi connectivity index (χ1n) is 6.83. The van der Waals surface area contributed by atoms with Gasteiger partial charge in [0.2, 0.25) is 0 Å². The van der Waals surface area contributed by atoms with Gasteiger partial charge < -0.3 is 4.98 Å². The number of hydrogen-bond acceptors (Lipinski definition) is 3. The zero-order valence-corrected chi connectivity index (χ0v) is 11.7. The number of H-pyrrole nitrogens is 1. The Morgan fingerprint density at radius 1 is 1.23 bits per heavy atom. The summed E-state index contributed by atoms with van der Waals surface area (Å²) >= 11 is 0. The number of benzene rings is 1. The molecule has 108 valence electrons. The SMILES string of the molecule is N#CCc1ccc(F)c(C(c2ccncc2)c2c[nH]cn2)c1. The summed E-state index contributed by atoms with van der Waals surface area (Å²) in [6.07, 6.45) is 6.91. The first-order chi connectivity index (χ1) is 10.8. The van der Waals surface area contributed by atoms with Crippen LogP contribution in [0.4, 0.5) is 4.39 Å². The summed E-state index contributed by atoms with van der Waals surface area (Å²) in [5.41, 5.74) is 2.91. The van der Waals surface area contributed by atoms with E-state index in [9.17, 15) is 4.39 Å². The third-order valence-electron chi connectivity index (χ3n) is 3.51. The number of nitrogens with zero attached hydrogens (tertiary/aromatic N) is 3. The number of halogens is 1. The van der Waals surface area contributed by atoms with Crippen LogP contribution in [-0.4, -0.2) is 15.0 Å². The smallest absolute Gasteiger partial charge is 0.127 e. The summed E-state index contributed by atoms with van der Waals surface area (Å²) in [4.78, 5) is 11.2. The Balaban J connectivity index is 2.15. The van der Waals surface area contributed by atoms with E-state index in [-0.39, 0.29) is 18.2 Å². The maximum absolute atomic E-state index is 14.4. The van der Waals surface area contributed by atoms with Crippen molar-refractivity contribution in [1.29, 1.82) is 5.26 Å². The van der Waals surface area contributed by atoms with Crippen LogP contribution in [0, 0.1) is 17.1 Å². The first kappa shape index (κ1) is 14.0. The van der Waals surface area contributed by atoms with Gasteiger partial charge >= 0.3 is 0 Å². The summed E-state index contributed by atoms with van der Waals surface area (Å²) in [5, 5.41) is 8.85. The normalized spacial score (nSPS) is 11.8. The summed E-state index contributed by atoms with van der Waals surface area (Å²) in [7, 11) is 0. The minimum atomic E-state index is -0.340. The van der Waals surface area contributed by atoms with Gasteiger partial charge in [0.1, 0.15) is 5.82 Å². The molecule has 2 aromatic heterocycles. The number of aromatic amines is 1. The molecule has 0 saturated carbocycles. The summed E-state index contributed by atoms with van der Waals surface area (Å²) < 4.78 is 14.4. The molecule has 0 aliphatic carbocycles. The van der Waals surface area contributed by atoms with Crippen molar-refractivity contribution in [3.63, 3.8) is 0 Å². The van der Waals surface area contributed by atoms with Gasteiger partial charge in [0.15, 0.2) is 0 Å². The number of rotatable bonds is 4. The summed E-state index contributed by atoms with van der Waals surface area (Å²) in [5.74, 6) is -0.653. The predicted molar refractivity (Wildman–Crippen MR) is 79.5 cm³/mol. The number of aromatic nitrogens is 3. The van der Waals surface area contributed by atoms with E-state index >= 15 is 0 Å². The van der Waals surface area contributed by atoms with E-state index < -0.39 is 0 Å². The highest BCUT2D eigenvalue weighted by atomic mass is 19.1. The van der Waals surface area contributed by atoms with Gasteiger partial charge in [-0.2, -0.15) is 5.26 Å². The van der Waals surface area contributed by atoms with E-state index in [1.165, 1.54) is 6.07 Å². The van der Waals surface area contributed by atoms with Gasteiger partial charge in [-0.1, -0.05) is 12.1 Å². The van der Waals surface area contributed by atoms with Crippen LogP contribution in [0.5, 0.6) is 0 Å². The molecule has 0 radical (unpaired) electrons. The molecule has 1 atom stereocenters. The Labute approximate surface area is 127 Å². The van der Waals surface area contributed by atoms with Gasteiger partial charge in [-0.15, -0.1) is 0 Å². The fourth-order valence-corrected chi connectivity index (χ4v) is 2.51. The molecule has 4 nitrogen and oxygen atoms in total. The molecular weight excluding hydrogens is 279 g/mol. The first-order valence-corrected chi connectivity index (χ1v) is 6.83. The van der Waals surface area contributed by atoms with Crippen molar-refractivity contribution < 1.29 is 4.39 Å². The number of pyridine rings is 1. The molecule has 3 aromatic rings. The standard InChI is InChI=1S/C17H13FN4/c18-15-2-1-12(3-6-19)9-14(15)17(16-10-21-11-22-16)13-4-7-20-8-5-13/h1-2,4-5,7-11,17H,3H2,(H,21,22). The Bertz CT molecular complexity index is 791. The zero-order chi connectivity index (χ0) is 15.4. The van der Waals surface area contributed by atoms with Crippen LogP contribution in [0.25, 0.3) is 0 Å². The van der Waals surface area contributed by atoms with E-state index in [4.69, 9.17) is 5.26 Å². The third kappa shape index (κ3) is 2.72. The lowest BCUT2D eigenvalue weighted by Crippen LogP contribution is -2.07. The second-order valence-corrected chi connectivity index (χ2v) is 4.90. The van der Waals surface area contributed by atoms with Crippen LogP contribution in [0.3, 0.4) is 0 Å². The van der Waals surface area contributed by atoms with Gasteiger partial charge in [-0.25, -0.2) is 9.37 Å². The highest BCUT2D eigenvalue weighted by Gasteiger charge is 2.22. The van der Waals surface area contributed by atoms with Crippen molar-refractivity contribution in [2.75, 3.05) is 0 Å². The summed E-state index contributed by atoms with van der Waals surface area (Å²) in [6, 6.07) is 10.6. The Morgan fingerprint density at radius 2 is 2.05 bits per heavy atom. The van der Waals surface area contributed by atoms with Crippen LogP contribution in [0.2, 0.25) is 0 Å². The molecular formula is C17H13FN4. The van der Waals surface area contributed by atoms with Gasteiger partial charge in [-0.05, 0) is 29.3 Å². The maximum atomic E-state index is 14.4. The van der Waals surface area contributed by atoms with Gasteiger partial charge in [0, 0.05) is 24.2 Å². The van der Waals surface area contributed by atoms with Crippen LogP contribution >= 0.6 is 0 Å². The number of nitrogens with one attached hydrogen (secondary N) is 1. The Morgan fingerprint density at radius 3 is 2.73 bits per heavy atom. The molecule has 5 heteroatoms. The third-order valence-corrected chi connectivity index (χ3v) is 3.51. The molecule has 0 amide bonds. The van der Waals surface area contributed by atoms with Gasteiger partial charge in [0.05, 0.1) is 30.4 Å². The van der Waals surface area contributed by atoms with Crippen LogP contribution in [-0.2, 0) is 6.42 Å². The molecule has 0 fully saturated rings. The molecule has 0 aliphatic rings. The lowest BCUT2D eigenvalue weighted by molar-refractivity contribution is 0.604. The van der Waals surface area contributed by atoms with E-state index in [1.54, 1.807) is 37.1 Å². The molecule has 0 aliphatic heterocycles.